The molecule has 2 amide bonds. The number of hydrogen-bond acceptors (Lipinski definition) is 6. The van der Waals surface area contributed by atoms with Crippen LogP contribution in [0.1, 0.15) is 24.8 Å². The van der Waals surface area contributed by atoms with Gasteiger partial charge in [0.15, 0.2) is 0 Å². The molecule has 0 bridgehead atoms. The Bertz CT molecular complexity index is 754. The van der Waals surface area contributed by atoms with E-state index in [-0.39, 0.29) is 11.9 Å². The van der Waals surface area contributed by atoms with E-state index in [2.05, 4.69) is 20.9 Å². The van der Waals surface area contributed by atoms with Crippen molar-refractivity contribution in [3.8, 4) is 6.07 Å². The number of aromatic nitrogens is 1. The van der Waals surface area contributed by atoms with Crippen molar-refractivity contribution in [3.05, 3.63) is 23.9 Å². The molecule has 0 saturated carbocycles. The Balaban J connectivity index is 1.40. The van der Waals surface area contributed by atoms with Crippen molar-refractivity contribution in [2.45, 2.75) is 25.3 Å². The molecule has 3 heterocycles. The number of piperazine rings is 1. The molecule has 1 N–H and O–H groups in total. The minimum atomic E-state index is -0.855. The molecule has 3 rings (SSSR count). The molecular weight excluding hydrogens is 372 g/mol. The fourth-order valence-corrected chi connectivity index (χ4v) is 4.00. The van der Waals surface area contributed by atoms with Gasteiger partial charge >= 0.3 is 6.09 Å². The fraction of sp³-hybridized carbons (Fsp3) is 0.600. The van der Waals surface area contributed by atoms with Gasteiger partial charge in [0, 0.05) is 64.5 Å². The van der Waals surface area contributed by atoms with E-state index in [1.807, 2.05) is 18.0 Å². The van der Waals surface area contributed by atoms with Crippen molar-refractivity contribution < 1.29 is 14.7 Å². The Labute approximate surface area is 171 Å². The number of anilines is 1. The van der Waals surface area contributed by atoms with Crippen molar-refractivity contribution in [2.75, 3.05) is 57.8 Å². The average molecular weight is 400 g/mol. The lowest BCUT2D eigenvalue weighted by Gasteiger charge is -2.35. The maximum Gasteiger partial charge on any atom is 0.407 e. The highest BCUT2D eigenvalue weighted by atomic mass is 16.4. The molecule has 156 valence electrons. The van der Waals surface area contributed by atoms with Gasteiger partial charge < -0.3 is 24.7 Å². The van der Waals surface area contributed by atoms with Crippen molar-refractivity contribution >= 4 is 17.8 Å². The van der Waals surface area contributed by atoms with Gasteiger partial charge in [0.05, 0.1) is 5.56 Å². The summed E-state index contributed by atoms with van der Waals surface area (Å²) in [5.41, 5.74) is 0.538. The molecule has 1 aromatic rings. The van der Waals surface area contributed by atoms with Crippen LogP contribution in [0.2, 0.25) is 0 Å². The van der Waals surface area contributed by atoms with Crippen LogP contribution in [0, 0.1) is 11.3 Å². The number of carbonyl (C=O) groups excluding carboxylic acids is 1. The molecule has 1 aromatic heterocycles. The number of likely N-dealkylation sites (N-methyl/N-ethyl adjacent to an activating group) is 1. The molecule has 2 fully saturated rings. The fourth-order valence-electron chi connectivity index (χ4n) is 4.00. The molecule has 2 saturated heterocycles. The van der Waals surface area contributed by atoms with Crippen molar-refractivity contribution in [1.29, 1.82) is 5.26 Å². The second-order valence-corrected chi connectivity index (χ2v) is 7.67. The smallest absolute Gasteiger partial charge is 0.407 e. The molecule has 9 nitrogen and oxygen atoms in total. The zero-order chi connectivity index (χ0) is 20.8. The molecule has 0 radical (unpaired) electrons. The summed E-state index contributed by atoms with van der Waals surface area (Å²) in [6.07, 6.45) is 2.94. The van der Waals surface area contributed by atoms with Gasteiger partial charge in [0.2, 0.25) is 5.91 Å². The van der Waals surface area contributed by atoms with Crippen molar-refractivity contribution in [1.82, 2.24) is 19.7 Å². The third-order valence-corrected chi connectivity index (χ3v) is 5.69. The van der Waals surface area contributed by atoms with Crippen LogP contribution in [-0.4, -0.2) is 95.7 Å². The Kier molecular flexibility index (Phi) is 6.88. The monoisotopic (exact) mass is 400 g/mol. The first-order valence-corrected chi connectivity index (χ1v) is 10.0. The zero-order valence-corrected chi connectivity index (χ0v) is 16.8. The molecule has 0 spiro atoms. The van der Waals surface area contributed by atoms with E-state index >= 15 is 0 Å². The van der Waals surface area contributed by atoms with Crippen LogP contribution in [0.4, 0.5) is 10.6 Å². The van der Waals surface area contributed by atoms with Gasteiger partial charge in [-0.1, -0.05) is 0 Å². The zero-order valence-electron chi connectivity index (χ0n) is 16.8. The summed E-state index contributed by atoms with van der Waals surface area (Å²) in [6.45, 7) is 4.63. The summed E-state index contributed by atoms with van der Waals surface area (Å²) in [5.74, 6) is 0.959. The highest BCUT2D eigenvalue weighted by molar-refractivity contribution is 5.76. The summed E-state index contributed by atoms with van der Waals surface area (Å²) in [5, 5.41) is 18.1. The number of amides is 2. The van der Waals surface area contributed by atoms with E-state index in [9.17, 15) is 14.7 Å². The van der Waals surface area contributed by atoms with Gasteiger partial charge in [-0.05, 0) is 32.0 Å². The van der Waals surface area contributed by atoms with Gasteiger partial charge in [-0.3, -0.25) is 4.79 Å². The second-order valence-electron chi connectivity index (χ2n) is 7.67. The molecule has 0 aromatic carbocycles. The van der Waals surface area contributed by atoms with E-state index in [1.165, 1.54) is 4.90 Å². The number of carboxylic acid groups (broad SMARTS) is 1. The van der Waals surface area contributed by atoms with Crippen LogP contribution in [0.5, 0.6) is 0 Å². The van der Waals surface area contributed by atoms with E-state index < -0.39 is 6.09 Å². The standard InChI is InChI=1S/C20H28N6O3/c1-23(15-17-3-2-7-26(17)20(28)29)8-6-19(27)25-11-9-24(10-12-25)18-5-4-16(13-21)14-22-18/h4-5,14,17H,2-3,6-12,15H2,1H3,(H,28,29)/t17-/m0/s1. The number of nitrogens with zero attached hydrogens (tertiary/aromatic N) is 6. The van der Waals surface area contributed by atoms with E-state index in [0.717, 1.165) is 31.7 Å². The largest absolute Gasteiger partial charge is 0.465 e. The highest BCUT2D eigenvalue weighted by Gasteiger charge is 2.29. The first kappa shape index (κ1) is 20.9. The third-order valence-electron chi connectivity index (χ3n) is 5.69. The number of rotatable bonds is 6. The molecular formula is C20H28N6O3. The molecule has 2 aliphatic heterocycles. The van der Waals surface area contributed by atoms with Gasteiger partial charge in [0.1, 0.15) is 11.9 Å². The van der Waals surface area contributed by atoms with Crippen molar-refractivity contribution in [2.24, 2.45) is 0 Å². The Morgan fingerprint density at radius 1 is 1.28 bits per heavy atom. The van der Waals surface area contributed by atoms with Crippen molar-refractivity contribution in [3.63, 3.8) is 0 Å². The van der Waals surface area contributed by atoms with Gasteiger partial charge in [-0.2, -0.15) is 5.26 Å². The predicted molar refractivity (Wildman–Crippen MR) is 108 cm³/mol. The van der Waals surface area contributed by atoms with Gasteiger partial charge in [0.25, 0.3) is 0 Å². The number of pyridine rings is 1. The van der Waals surface area contributed by atoms with Crippen LogP contribution < -0.4 is 4.90 Å². The number of hydrogen-bond donors (Lipinski definition) is 1. The minimum Gasteiger partial charge on any atom is -0.465 e. The quantitative estimate of drug-likeness (QED) is 0.761. The molecule has 2 aliphatic rings. The molecule has 29 heavy (non-hydrogen) atoms. The van der Waals surface area contributed by atoms with Crippen LogP contribution in [0.3, 0.4) is 0 Å². The number of nitriles is 1. The summed E-state index contributed by atoms with van der Waals surface area (Å²) in [6, 6.07) is 5.68. The summed E-state index contributed by atoms with van der Waals surface area (Å²) in [4.78, 5) is 35.7. The molecule has 9 heteroatoms. The highest BCUT2D eigenvalue weighted by Crippen LogP contribution is 2.18. The number of likely N-dealkylation sites (tertiary alicyclic amines) is 1. The first-order chi connectivity index (χ1) is 14.0. The second kappa shape index (κ2) is 9.56. The van der Waals surface area contributed by atoms with Crippen LogP contribution >= 0.6 is 0 Å². The summed E-state index contributed by atoms with van der Waals surface area (Å²) >= 11 is 0. The third kappa shape index (κ3) is 5.35. The lowest BCUT2D eigenvalue weighted by Crippen LogP contribution is -2.49. The maximum absolute atomic E-state index is 12.6. The van der Waals surface area contributed by atoms with Crippen LogP contribution in [-0.2, 0) is 4.79 Å². The van der Waals surface area contributed by atoms with E-state index in [4.69, 9.17) is 5.26 Å². The SMILES string of the molecule is CN(CCC(=O)N1CCN(c2ccc(C#N)cn2)CC1)C[C@@H]1CCCN1C(=O)O. The molecule has 0 aliphatic carbocycles. The summed E-state index contributed by atoms with van der Waals surface area (Å²) in [7, 11) is 1.94. The topological polar surface area (TPSA) is 104 Å². The lowest BCUT2D eigenvalue weighted by molar-refractivity contribution is -0.131. The predicted octanol–water partition coefficient (Wildman–Crippen LogP) is 1.07. The lowest BCUT2D eigenvalue weighted by atomic mass is 10.2. The summed E-state index contributed by atoms with van der Waals surface area (Å²) < 4.78 is 0. The van der Waals surface area contributed by atoms with E-state index in [1.54, 1.807) is 12.3 Å². The minimum absolute atomic E-state index is 0.0241. The number of carbonyl (C=O) groups is 2. The maximum atomic E-state index is 12.6. The molecule has 1 atom stereocenters. The normalized spacial score (nSPS) is 19.5. The average Bonchev–Trinajstić information content (AvgIpc) is 3.20. The Morgan fingerprint density at radius 3 is 2.66 bits per heavy atom. The Hall–Kier alpha value is -2.86. The van der Waals surface area contributed by atoms with Gasteiger partial charge in [-0.15, -0.1) is 0 Å². The Morgan fingerprint density at radius 2 is 2.03 bits per heavy atom. The van der Waals surface area contributed by atoms with Crippen LogP contribution in [0.15, 0.2) is 18.3 Å². The molecule has 0 unspecified atom stereocenters. The van der Waals surface area contributed by atoms with Gasteiger partial charge in [-0.25, -0.2) is 9.78 Å². The van der Waals surface area contributed by atoms with Crippen LogP contribution in [0.25, 0.3) is 0 Å². The van der Waals surface area contributed by atoms with E-state index in [0.29, 0.717) is 44.7 Å². The first-order valence-electron chi connectivity index (χ1n) is 10.0.